The highest BCUT2D eigenvalue weighted by Crippen LogP contribution is 2.41. The number of methoxy groups -OCH3 is 1. The molecule has 3 heterocycles. The Hall–Kier alpha value is -3.26. The summed E-state index contributed by atoms with van der Waals surface area (Å²) in [6.07, 6.45) is -0.461. The number of aryl methyl sites for hydroxylation is 1. The fraction of sp³-hybridized carbons (Fsp3) is 0.568. The summed E-state index contributed by atoms with van der Waals surface area (Å²) in [5.74, 6) is -1.14. The first-order valence-electron chi connectivity index (χ1n) is 17.3. The van der Waals surface area contributed by atoms with Crippen LogP contribution in [-0.4, -0.2) is 69.6 Å². The molecule has 2 saturated heterocycles. The van der Waals surface area contributed by atoms with Crippen molar-refractivity contribution in [1.82, 2.24) is 0 Å². The summed E-state index contributed by atoms with van der Waals surface area (Å²) in [5, 5.41) is 10.3. The summed E-state index contributed by atoms with van der Waals surface area (Å²) >= 11 is 0. The lowest BCUT2D eigenvalue weighted by atomic mass is 9.89. The number of fused-ring (bicyclic) bond motifs is 1. The number of carbonyl (C=O) groups is 1. The Bertz CT molecular complexity index is 1620. The van der Waals surface area contributed by atoms with Crippen LogP contribution in [-0.2, 0) is 30.0 Å². The van der Waals surface area contributed by atoms with Gasteiger partial charge in [-0.2, -0.15) is 0 Å². The summed E-state index contributed by atoms with van der Waals surface area (Å²) in [6.45, 7) is 12.8. The SMILES string of the molecule is CC[Si](CC)(CC)O[C@@H]1[C@@H](OC2CCCCO2)[C@H](Oc2ccc3c(OCc4ccccc4)c(C(=O)O)c(=O)oc3c2C)OC(C)(C)[C@@H]1OC. The van der Waals surface area contributed by atoms with Crippen LogP contribution >= 0.6 is 0 Å². The van der Waals surface area contributed by atoms with Crippen molar-refractivity contribution in [2.24, 2.45) is 0 Å². The minimum absolute atomic E-state index is 0.0599. The maximum atomic E-state index is 13.1. The first-order valence-corrected chi connectivity index (χ1v) is 19.8. The summed E-state index contributed by atoms with van der Waals surface area (Å²) < 4.78 is 50.9. The molecule has 12 heteroatoms. The number of hydrogen-bond acceptors (Lipinski definition) is 10. The van der Waals surface area contributed by atoms with Gasteiger partial charge in [-0.15, -0.1) is 0 Å². The molecule has 0 saturated carbocycles. The van der Waals surface area contributed by atoms with Crippen LogP contribution < -0.4 is 15.1 Å². The van der Waals surface area contributed by atoms with Crippen LogP contribution in [0.5, 0.6) is 11.5 Å². The summed E-state index contributed by atoms with van der Waals surface area (Å²) in [4.78, 5) is 25.3. The topological polar surface area (TPSA) is 132 Å². The third kappa shape index (κ3) is 7.89. The van der Waals surface area contributed by atoms with Crippen LogP contribution in [0.15, 0.2) is 51.7 Å². The Labute approximate surface area is 288 Å². The molecular formula is C37H50O11Si. The number of carboxylic acids is 1. The van der Waals surface area contributed by atoms with Gasteiger partial charge < -0.3 is 42.4 Å². The lowest BCUT2D eigenvalue weighted by Crippen LogP contribution is -2.67. The van der Waals surface area contributed by atoms with Gasteiger partial charge in [0.1, 0.15) is 30.1 Å². The van der Waals surface area contributed by atoms with Gasteiger partial charge in [0, 0.05) is 19.3 Å². The Balaban J connectivity index is 1.56. The van der Waals surface area contributed by atoms with Crippen molar-refractivity contribution in [3.05, 3.63) is 69.6 Å². The molecule has 49 heavy (non-hydrogen) atoms. The molecule has 5 rings (SSSR count). The van der Waals surface area contributed by atoms with E-state index in [1.165, 1.54) is 0 Å². The van der Waals surface area contributed by atoms with E-state index in [0.29, 0.717) is 23.3 Å². The van der Waals surface area contributed by atoms with E-state index in [0.717, 1.165) is 43.0 Å². The van der Waals surface area contributed by atoms with E-state index in [2.05, 4.69) is 20.8 Å². The fourth-order valence-electron chi connectivity index (χ4n) is 6.89. The molecule has 3 aromatic rings. The molecule has 2 aromatic carbocycles. The molecule has 1 aromatic heterocycles. The van der Waals surface area contributed by atoms with Crippen molar-refractivity contribution in [2.75, 3.05) is 13.7 Å². The monoisotopic (exact) mass is 698 g/mol. The second kappa shape index (κ2) is 15.7. The number of hydrogen-bond donors (Lipinski definition) is 1. The number of aromatic carboxylic acids is 1. The number of benzene rings is 2. The second-order valence-corrected chi connectivity index (χ2v) is 18.0. The quantitative estimate of drug-likeness (QED) is 0.135. The zero-order chi connectivity index (χ0) is 35.3. The lowest BCUT2D eigenvalue weighted by molar-refractivity contribution is -0.336. The smallest absolute Gasteiger partial charge is 0.354 e. The molecule has 5 atom stereocenters. The largest absolute Gasteiger partial charge is 0.487 e. The van der Waals surface area contributed by atoms with E-state index in [9.17, 15) is 14.7 Å². The van der Waals surface area contributed by atoms with E-state index < -0.39 is 62.0 Å². The van der Waals surface area contributed by atoms with Gasteiger partial charge in [0.25, 0.3) is 0 Å². The van der Waals surface area contributed by atoms with Crippen molar-refractivity contribution < 1.29 is 47.2 Å². The molecule has 1 unspecified atom stereocenters. The highest BCUT2D eigenvalue weighted by molar-refractivity contribution is 6.73. The summed E-state index contributed by atoms with van der Waals surface area (Å²) in [6, 6.07) is 15.4. The summed E-state index contributed by atoms with van der Waals surface area (Å²) in [7, 11) is -0.526. The fourth-order valence-corrected chi connectivity index (χ4v) is 9.73. The van der Waals surface area contributed by atoms with Gasteiger partial charge in [-0.25, -0.2) is 9.59 Å². The third-order valence-electron chi connectivity index (χ3n) is 9.93. The molecule has 1 N–H and O–H groups in total. The molecule has 0 spiro atoms. The number of rotatable bonds is 14. The van der Waals surface area contributed by atoms with Crippen molar-refractivity contribution in [3.63, 3.8) is 0 Å². The van der Waals surface area contributed by atoms with Gasteiger partial charge in [-0.05, 0) is 75.9 Å². The van der Waals surface area contributed by atoms with E-state index in [1.54, 1.807) is 26.2 Å². The maximum absolute atomic E-state index is 13.1. The first-order chi connectivity index (χ1) is 23.5. The Kier molecular flexibility index (Phi) is 11.9. The molecule has 0 radical (unpaired) electrons. The van der Waals surface area contributed by atoms with Crippen molar-refractivity contribution in [1.29, 1.82) is 0 Å². The van der Waals surface area contributed by atoms with Gasteiger partial charge in [0.15, 0.2) is 32.0 Å². The Morgan fingerprint density at radius 1 is 1.02 bits per heavy atom. The Morgan fingerprint density at radius 3 is 2.35 bits per heavy atom. The highest BCUT2D eigenvalue weighted by Gasteiger charge is 2.55. The van der Waals surface area contributed by atoms with Crippen LogP contribution in [0.1, 0.15) is 75.4 Å². The molecule has 0 amide bonds. The van der Waals surface area contributed by atoms with E-state index in [-0.39, 0.29) is 17.9 Å². The van der Waals surface area contributed by atoms with Gasteiger partial charge in [0.2, 0.25) is 6.29 Å². The zero-order valence-corrected chi connectivity index (χ0v) is 30.6. The molecule has 11 nitrogen and oxygen atoms in total. The molecule has 2 aliphatic rings. The maximum Gasteiger partial charge on any atom is 0.354 e. The minimum atomic E-state index is -2.19. The van der Waals surface area contributed by atoms with Gasteiger partial charge >= 0.3 is 11.6 Å². The molecular weight excluding hydrogens is 648 g/mol. The standard InChI is InChI=1S/C37H50O11Si/c1-8-49(9-2,10-3)48-31-32(45-27-18-14-15-21-42-27)36(47-37(5,6)33(31)41-7)44-26-20-19-25-29(23(26)4)46-35(40)28(34(38)39)30(25)43-22-24-16-12-11-13-17-24/h11-13,16-17,19-20,27,31-33,36H,8-10,14-15,18,21-22H2,1-7H3,(H,38,39)/t27?,31-,32-,33-,36-/m1/s1. The molecule has 268 valence electrons. The first kappa shape index (κ1) is 37.0. The minimum Gasteiger partial charge on any atom is -0.487 e. The summed E-state index contributed by atoms with van der Waals surface area (Å²) in [5.41, 5.74) is -0.999. The van der Waals surface area contributed by atoms with Crippen LogP contribution in [0.2, 0.25) is 18.1 Å². The normalized spacial score (nSPS) is 24.1. The van der Waals surface area contributed by atoms with Crippen molar-refractivity contribution >= 4 is 25.3 Å². The Morgan fingerprint density at radius 2 is 1.73 bits per heavy atom. The van der Waals surface area contributed by atoms with E-state index in [4.69, 9.17) is 37.3 Å². The lowest BCUT2D eigenvalue weighted by Gasteiger charge is -2.52. The second-order valence-electron chi connectivity index (χ2n) is 13.3. The van der Waals surface area contributed by atoms with Crippen LogP contribution in [0.25, 0.3) is 11.0 Å². The van der Waals surface area contributed by atoms with Gasteiger partial charge in [-0.3, -0.25) is 0 Å². The van der Waals surface area contributed by atoms with E-state index >= 15 is 0 Å². The van der Waals surface area contributed by atoms with Gasteiger partial charge in [0.05, 0.1) is 11.0 Å². The third-order valence-corrected chi connectivity index (χ3v) is 14.6. The van der Waals surface area contributed by atoms with Crippen LogP contribution in [0, 0.1) is 6.92 Å². The van der Waals surface area contributed by atoms with Crippen molar-refractivity contribution in [2.45, 2.75) is 122 Å². The number of carboxylic acid groups (broad SMARTS) is 1. The van der Waals surface area contributed by atoms with Gasteiger partial charge in [-0.1, -0.05) is 51.1 Å². The molecule has 0 aliphatic carbocycles. The highest BCUT2D eigenvalue weighted by atomic mass is 28.4. The number of ether oxygens (including phenoxy) is 6. The molecule has 2 aliphatic heterocycles. The van der Waals surface area contributed by atoms with E-state index in [1.807, 2.05) is 44.2 Å². The molecule has 0 bridgehead atoms. The van der Waals surface area contributed by atoms with Crippen LogP contribution in [0.4, 0.5) is 0 Å². The predicted octanol–water partition coefficient (Wildman–Crippen LogP) is 7.21. The zero-order valence-electron chi connectivity index (χ0n) is 29.6. The van der Waals surface area contributed by atoms with Crippen molar-refractivity contribution in [3.8, 4) is 11.5 Å². The predicted molar refractivity (Wildman–Crippen MR) is 186 cm³/mol. The average Bonchev–Trinajstić information content (AvgIpc) is 3.09. The van der Waals surface area contributed by atoms with Crippen LogP contribution in [0.3, 0.4) is 0 Å². The molecule has 2 fully saturated rings. The average molecular weight is 699 g/mol.